The molecule has 136 valence electrons. The van der Waals surface area contributed by atoms with Crippen LogP contribution in [0.2, 0.25) is 0 Å². The first kappa shape index (κ1) is 17.9. The van der Waals surface area contributed by atoms with Gasteiger partial charge in [-0.2, -0.15) is 0 Å². The van der Waals surface area contributed by atoms with Gasteiger partial charge < -0.3 is 9.72 Å². The summed E-state index contributed by atoms with van der Waals surface area (Å²) in [5.41, 5.74) is 0.600. The number of para-hydroxylation sites is 3. The Kier molecular flexibility index (Phi) is 4.94. The molecule has 3 aromatic rings. The van der Waals surface area contributed by atoms with Crippen LogP contribution in [0.5, 0.6) is 5.75 Å². The largest absolute Gasteiger partial charge is 0.492 e. The van der Waals surface area contributed by atoms with E-state index in [0.29, 0.717) is 28.9 Å². The molecule has 0 saturated carbocycles. The number of nitrogens with one attached hydrogen (secondary N) is 1. The first-order chi connectivity index (χ1) is 12.4. The van der Waals surface area contributed by atoms with E-state index in [9.17, 15) is 13.2 Å². The Bertz CT molecular complexity index is 1090. The van der Waals surface area contributed by atoms with E-state index >= 15 is 0 Å². The molecule has 3 rings (SSSR count). The number of aromatic amines is 1. The molecule has 0 radical (unpaired) electrons. The lowest BCUT2D eigenvalue weighted by Crippen LogP contribution is -2.31. The fraction of sp³-hybridized carbons (Fsp3) is 0.222. The van der Waals surface area contributed by atoms with E-state index in [2.05, 4.69) is 9.97 Å². The third kappa shape index (κ3) is 3.70. The Balaban J connectivity index is 2.08. The molecule has 2 aromatic carbocycles. The molecule has 0 aliphatic carbocycles. The second kappa shape index (κ2) is 7.17. The molecule has 0 unspecified atom stereocenters. The van der Waals surface area contributed by atoms with E-state index in [4.69, 9.17) is 4.74 Å². The molecule has 26 heavy (non-hydrogen) atoms. The maximum Gasteiger partial charge on any atom is 0.258 e. The molecule has 1 heterocycles. The molecular weight excluding hydrogens is 354 g/mol. The zero-order chi connectivity index (χ0) is 18.7. The molecule has 0 bridgehead atoms. The molecule has 0 atom stereocenters. The first-order valence-corrected chi connectivity index (χ1v) is 9.92. The SMILES string of the molecule is CCOc1ccccc1N(Cc1nc2ccccc2c(=O)[nH]1)S(C)(=O)=O. The summed E-state index contributed by atoms with van der Waals surface area (Å²) in [5.74, 6) is 0.703. The van der Waals surface area contributed by atoms with E-state index in [0.717, 1.165) is 6.26 Å². The Labute approximate surface area is 151 Å². The van der Waals surface area contributed by atoms with Crippen LogP contribution in [0, 0.1) is 0 Å². The average Bonchev–Trinajstić information content (AvgIpc) is 2.60. The summed E-state index contributed by atoms with van der Waals surface area (Å²) in [4.78, 5) is 19.3. The highest BCUT2D eigenvalue weighted by Gasteiger charge is 2.22. The van der Waals surface area contributed by atoms with E-state index in [1.807, 2.05) is 6.92 Å². The summed E-state index contributed by atoms with van der Waals surface area (Å²) in [6, 6.07) is 13.8. The predicted molar refractivity (Wildman–Crippen MR) is 101 cm³/mol. The minimum Gasteiger partial charge on any atom is -0.492 e. The maximum absolute atomic E-state index is 12.4. The molecule has 0 saturated heterocycles. The fourth-order valence-corrected chi connectivity index (χ4v) is 3.53. The summed E-state index contributed by atoms with van der Waals surface area (Å²) >= 11 is 0. The number of rotatable bonds is 6. The molecule has 0 spiro atoms. The van der Waals surface area contributed by atoms with Gasteiger partial charge in [-0.05, 0) is 31.2 Å². The number of anilines is 1. The normalized spacial score (nSPS) is 11.5. The lowest BCUT2D eigenvalue weighted by Gasteiger charge is -2.24. The molecule has 1 N–H and O–H groups in total. The predicted octanol–water partition coefficient (Wildman–Crippen LogP) is 2.29. The van der Waals surface area contributed by atoms with Gasteiger partial charge in [-0.25, -0.2) is 13.4 Å². The van der Waals surface area contributed by atoms with E-state index in [1.165, 1.54) is 4.31 Å². The smallest absolute Gasteiger partial charge is 0.258 e. The van der Waals surface area contributed by atoms with Crippen LogP contribution < -0.4 is 14.6 Å². The van der Waals surface area contributed by atoms with Gasteiger partial charge in [0.15, 0.2) is 0 Å². The fourth-order valence-electron chi connectivity index (χ4n) is 2.67. The number of nitrogens with zero attached hydrogens (tertiary/aromatic N) is 2. The number of hydrogen-bond donors (Lipinski definition) is 1. The van der Waals surface area contributed by atoms with Crippen molar-refractivity contribution in [2.45, 2.75) is 13.5 Å². The maximum atomic E-state index is 12.4. The van der Waals surface area contributed by atoms with Crippen LogP contribution in [0.4, 0.5) is 5.69 Å². The minimum absolute atomic E-state index is 0.108. The van der Waals surface area contributed by atoms with Crippen LogP contribution in [0.15, 0.2) is 53.3 Å². The van der Waals surface area contributed by atoms with Crippen LogP contribution >= 0.6 is 0 Å². The summed E-state index contributed by atoms with van der Waals surface area (Å²) in [6.45, 7) is 2.12. The monoisotopic (exact) mass is 373 g/mol. The second-order valence-corrected chi connectivity index (χ2v) is 7.61. The van der Waals surface area contributed by atoms with E-state index in [1.54, 1.807) is 48.5 Å². The van der Waals surface area contributed by atoms with Crippen LogP contribution in [-0.2, 0) is 16.6 Å². The Morgan fingerprint density at radius 1 is 1.12 bits per heavy atom. The van der Waals surface area contributed by atoms with Crippen LogP contribution in [-0.4, -0.2) is 31.2 Å². The van der Waals surface area contributed by atoms with Gasteiger partial charge in [0.05, 0.1) is 36.0 Å². The second-order valence-electron chi connectivity index (χ2n) is 5.70. The molecule has 1 aromatic heterocycles. The number of hydrogen-bond acceptors (Lipinski definition) is 5. The number of sulfonamides is 1. The van der Waals surface area contributed by atoms with E-state index < -0.39 is 10.0 Å². The lowest BCUT2D eigenvalue weighted by atomic mass is 10.2. The van der Waals surface area contributed by atoms with Gasteiger partial charge in [0.1, 0.15) is 11.6 Å². The average molecular weight is 373 g/mol. The standard InChI is InChI=1S/C18H19N3O4S/c1-3-25-16-11-7-6-10-15(16)21(26(2,23)24)12-17-19-14-9-5-4-8-13(14)18(22)20-17/h4-11H,3,12H2,1-2H3,(H,19,20,22). The third-order valence-corrected chi connectivity index (χ3v) is 4.92. The van der Waals surface area contributed by atoms with Gasteiger partial charge in [0.25, 0.3) is 5.56 Å². The van der Waals surface area contributed by atoms with Gasteiger partial charge in [-0.1, -0.05) is 24.3 Å². The molecule has 8 heteroatoms. The number of benzene rings is 2. The number of aromatic nitrogens is 2. The van der Waals surface area contributed by atoms with E-state index in [-0.39, 0.29) is 17.9 Å². The molecule has 0 aliphatic rings. The number of ether oxygens (including phenoxy) is 1. The molecule has 0 amide bonds. The molecule has 7 nitrogen and oxygen atoms in total. The number of fused-ring (bicyclic) bond motifs is 1. The molecule has 0 fully saturated rings. The van der Waals surface area contributed by atoms with Crippen LogP contribution in [0.3, 0.4) is 0 Å². The molecular formula is C18H19N3O4S. The van der Waals surface area contributed by atoms with Gasteiger partial charge in [-0.15, -0.1) is 0 Å². The quantitative estimate of drug-likeness (QED) is 0.716. The Morgan fingerprint density at radius 3 is 2.54 bits per heavy atom. The topological polar surface area (TPSA) is 92.4 Å². The van der Waals surface area contributed by atoms with Crippen molar-refractivity contribution in [2.24, 2.45) is 0 Å². The Morgan fingerprint density at radius 2 is 1.81 bits per heavy atom. The van der Waals surface area contributed by atoms with Gasteiger partial charge in [-0.3, -0.25) is 9.10 Å². The van der Waals surface area contributed by atoms with Crippen LogP contribution in [0.1, 0.15) is 12.7 Å². The highest BCUT2D eigenvalue weighted by molar-refractivity contribution is 7.92. The van der Waals surface area contributed by atoms with Crippen molar-refractivity contribution in [1.82, 2.24) is 9.97 Å². The summed E-state index contributed by atoms with van der Waals surface area (Å²) in [7, 11) is -3.63. The Hall–Kier alpha value is -2.87. The zero-order valence-electron chi connectivity index (χ0n) is 14.5. The summed E-state index contributed by atoms with van der Waals surface area (Å²) < 4.78 is 31.5. The van der Waals surface area contributed by atoms with Crippen molar-refractivity contribution >= 4 is 26.6 Å². The summed E-state index contributed by atoms with van der Waals surface area (Å²) in [5, 5.41) is 0.455. The van der Waals surface area contributed by atoms with Crippen molar-refractivity contribution in [3.63, 3.8) is 0 Å². The van der Waals surface area contributed by atoms with Crippen molar-refractivity contribution in [1.29, 1.82) is 0 Å². The van der Waals surface area contributed by atoms with Gasteiger partial charge in [0.2, 0.25) is 10.0 Å². The van der Waals surface area contributed by atoms with Gasteiger partial charge >= 0.3 is 0 Å². The summed E-state index contributed by atoms with van der Waals surface area (Å²) in [6.07, 6.45) is 1.11. The van der Waals surface area contributed by atoms with Crippen molar-refractivity contribution in [3.8, 4) is 5.75 Å². The first-order valence-electron chi connectivity index (χ1n) is 8.07. The van der Waals surface area contributed by atoms with Crippen molar-refractivity contribution in [3.05, 3.63) is 64.7 Å². The van der Waals surface area contributed by atoms with Crippen molar-refractivity contribution < 1.29 is 13.2 Å². The highest BCUT2D eigenvalue weighted by Crippen LogP contribution is 2.30. The van der Waals surface area contributed by atoms with Crippen LogP contribution in [0.25, 0.3) is 10.9 Å². The zero-order valence-corrected chi connectivity index (χ0v) is 15.3. The minimum atomic E-state index is -3.63. The third-order valence-electron chi connectivity index (χ3n) is 3.79. The highest BCUT2D eigenvalue weighted by atomic mass is 32.2. The van der Waals surface area contributed by atoms with Gasteiger partial charge in [0, 0.05) is 0 Å². The molecule has 0 aliphatic heterocycles. The number of H-pyrrole nitrogens is 1. The van der Waals surface area contributed by atoms with Crippen molar-refractivity contribution in [2.75, 3.05) is 17.2 Å². The lowest BCUT2D eigenvalue weighted by molar-refractivity contribution is 0.341.